The normalized spacial score (nSPS) is 14.1. The largest absolute Gasteiger partial charge is 0.573 e. The Hall–Kier alpha value is -2.78. The van der Waals surface area contributed by atoms with Crippen molar-refractivity contribution in [2.24, 2.45) is 0 Å². The fraction of sp³-hybridized carbons (Fsp3) is 0.333. The van der Waals surface area contributed by atoms with Crippen LogP contribution in [-0.4, -0.2) is 53.3 Å². The zero-order valence-electron chi connectivity index (χ0n) is 15.7. The SMILES string of the molecule is [B]C([B])([B])Oc1cc(OC(F)(F)F)ccc1Oc1cc(C2CC2)ncc1C(=O)OC. The molecule has 2 aromatic rings. The highest BCUT2D eigenvalue weighted by Crippen LogP contribution is 2.42. The van der Waals surface area contributed by atoms with Gasteiger partial charge in [0.2, 0.25) is 0 Å². The van der Waals surface area contributed by atoms with Gasteiger partial charge in [-0.25, -0.2) is 4.79 Å². The summed E-state index contributed by atoms with van der Waals surface area (Å²) in [5.41, 5.74) is 0.700. The molecule has 0 aliphatic heterocycles. The molecule has 0 bridgehead atoms. The van der Waals surface area contributed by atoms with Crippen LogP contribution in [0, 0.1) is 0 Å². The molecular formula is C18H13B3F3NO5. The molecule has 12 heteroatoms. The van der Waals surface area contributed by atoms with Crippen molar-refractivity contribution in [1.82, 2.24) is 4.98 Å². The lowest BCUT2D eigenvalue weighted by molar-refractivity contribution is -0.274. The van der Waals surface area contributed by atoms with Gasteiger partial charge in [0.05, 0.1) is 7.11 Å². The highest BCUT2D eigenvalue weighted by atomic mass is 19.4. The fourth-order valence-corrected chi connectivity index (χ4v) is 2.56. The van der Waals surface area contributed by atoms with Gasteiger partial charge in [0.25, 0.3) is 0 Å². The lowest BCUT2D eigenvalue weighted by Crippen LogP contribution is -2.37. The van der Waals surface area contributed by atoms with Gasteiger partial charge in [0, 0.05) is 29.9 Å². The van der Waals surface area contributed by atoms with Gasteiger partial charge >= 0.3 is 12.3 Å². The van der Waals surface area contributed by atoms with Crippen molar-refractivity contribution in [2.75, 3.05) is 7.11 Å². The summed E-state index contributed by atoms with van der Waals surface area (Å²) >= 11 is 0. The number of hydrogen-bond donors (Lipinski definition) is 0. The molecule has 0 N–H and O–H groups in total. The van der Waals surface area contributed by atoms with Crippen LogP contribution in [0.1, 0.15) is 34.8 Å². The number of pyridine rings is 1. The third kappa shape index (κ3) is 5.87. The van der Waals surface area contributed by atoms with Crippen molar-refractivity contribution in [3.8, 4) is 23.0 Å². The molecule has 1 aromatic heterocycles. The van der Waals surface area contributed by atoms with E-state index in [0.717, 1.165) is 31.0 Å². The fourth-order valence-electron chi connectivity index (χ4n) is 2.56. The standard InChI is InChI=1S/C18H13B3F3NO5/c1-27-16(26)11-8-25-12(9-2-3-9)7-14(11)28-13-5-4-10(29-18(22,23)24)6-15(13)30-17(19,20)21/h4-9H,2-3H2,1H3. The van der Waals surface area contributed by atoms with Crippen LogP contribution in [0.4, 0.5) is 13.2 Å². The first-order valence-electron chi connectivity index (χ1n) is 8.67. The average Bonchev–Trinajstić information content (AvgIpc) is 3.46. The number of carbonyl (C=O) groups is 1. The van der Waals surface area contributed by atoms with Gasteiger partial charge in [-0.3, -0.25) is 4.98 Å². The topological polar surface area (TPSA) is 66.9 Å². The number of aromatic nitrogens is 1. The van der Waals surface area contributed by atoms with Gasteiger partial charge in [-0.15, -0.1) is 13.2 Å². The van der Waals surface area contributed by atoms with Gasteiger partial charge in [-0.05, 0) is 30.3 Å². The lowest BCUT2D eigenvalue weighted by atomic mass is 9.52. The van der Waals surface area contributed by atoms with Crippen molar-refractivity contribution in [3.05, 3.63) is 41.7 Å². The second-order valence-electron chi connectivity index (χ2n) is 6.59. The highest BCUT2D eigenvalue weighted by molar-refractivity contribution is 6.58. The number of halogens is 3. The van der Waals surface area contributed by atoms with E-state index in [-0.39, 0.29) is 28.7 Å². The van der Waals surface area contributed by atoms with Crippen LogP contribution < -0.4 is 14.2 Å². The number of carbonyl (C=O) groups excluding carboxylic acids is 1. The maximum absolute atomic E-state index is 12.5. The van der Waals surface area contributed by atoms with Crippen molar-refractivity contribution in [3.63, 3.8) is 0 Å². The first kappa shape index (κ1) is 21.9. The summed E-state index contributed by atoms with van der Waals surface area (Å²) in [4.78, 5) is 16.3. The molecule has 1 aliphatic carbocycles. The number of rotatable bonds is 7. The minimum absolute atomic E-state index is 0.00276. The van der Waals surface area contributed by atoms with E-state index in [4.69, 9.17) is 37.7 Å². The van der Waals surface area contributed by atoms with E-state index in [9.17, 15) is 18.0 Å². The number of esters is 1. The third-order valence-corrected chi connectivity index (χ3v) is 3.94. The number of ether oxygens (including phenoxy) is 4. The van der Waals surface area contributed by atoms with E-state index in [1.165, 1.54) is 13.3 Å². The molecule has 0 saturated heterocycles. The molecular weight excluding hydrogens is 400 g/mol. The second-order valence-corrected chi connectivity index (χ2v) is 6.59. The smallest absolute Gasteiger partial charge is 0.512 e. The molecule has 0 atom stereocenters. The van der Waals surface area contributed by atoms with Crippen LogP contribution in [0.3, 0.4) is 0 Å². The molecule has 1 aliphatic rings. The monoisotopic (exact) mass is 413 g/mol. The summed E-state index contributed by atoms with van der Waals surface area (Å²) in [5, 5.41) is -2.22. The predicted molar refractivity (Wildman–Crippen MR) is 101 cm³/mol. The quantitative estimate of drug-likeness (QED) is 0.514. The zero-order chi connectivity index (χ0) is 22.1. The molecule has 1 aromatic carbocycles. The molecule has 0 unspecified atom stereocenters. The molecule has 150 valence electrons. The summed E-state index contributed by atoms with van der Waals surface area (Å²) in [6.45, 7) is 0. The maximum atomic E-state index is 12.5. The van der Waals surface area contributed by atoms with Crippen LogP contribution >= 0.6 is 0 Å². The molecule has 30 heavy (non-hydrogen) atoms. The Kier molecular flexibility index (Phi) is 5.96. The van der Waals surface area contributed by atoms with Gasteiger partial charge in [-0.1, -0.05) is 0 Å². The lowest BCUT2D eigenvalue weighted by Gasteiger charge is -2.25. The van der Waals surface area contributed by atoms with Crippen molar-refractivity contribution in [1.29, 1.82) is 0 Å². The molecule has 3 rings (SSSR count). The van der Waals surface area contributed by atoms with Crippen LogP contribution in [0.25, 0.3) is 0 Å². The molecule has 6 nitrogen and oxygen atoms in total. The third-order valence-electron chi connectivity index (χ3n) is 3.94. The van der Waals surface area contributed by atoms with Gasteiger partial charge in [0.1, 0.15) is 40.6 Å². The maximum Gasteiger partial charge on any atom is 0.573 e. The summed E-state index contributed by atoms with van der Waals surface area (Å²) < 4.78 is 57.0. The predicted octanol–water partition coefficient (Wildman–Crippen LogP) is 2.93. The number of benzene rings is 1. The van der Waals surface area contributed by atoms with Gasteiger partial charge in [-0.2, -0.15) is 0 Å². The van der Waals surface area contributed by atoms with E-state index in [1.54, 1.807) is 6.07 Å². The van der Waals surface area contributed by atoms with E-state index in [1.807, 2.05) is 0 Å². The van der Waals surface area contributed by atoms with E-state index >= 15 is 0 Å². The number of methoxy groups -OCH3 is 1. The van der Waals surface area contributed by atoms with Crippen molar-refractivity contribution in [2.45, 2.75) is 30.4 Å². The Bertz CT molecular complexity index is 946. The molecule has 1 fully saturated rings. The second kappa shape index (κ2) is 8.16. The first-order chi connectivity index (χ1) is 13.9. The summed E-state index contributed by atoms with van der Waals surface area (Å²) in [6, 6.07) is 4.52. The minimum atomic E-state index is -4.94. The minimum Gasteiger partial charge on any atom is -0.512 e. The van der Waals surface area contributed by atoms with Gasteiger partial charge < -0.3 is 18.9 Å². The number of hydrogen-bond acceptors (Lipinski definition) is 6. The molecule has 6 radical (unpaired) electrons. The van der Waals surface area contributed by atoms with E-state index in [2.05, 4.69) is 9.72 Å². The molecule has 0 spiro atoms. The molecule has 0 amide bonds. The Morgan fingerprint density at radius 3 is 2.33 bits per heavy atom. The zero-order valence-corrected chi connectivity index (χ0v) is 15.7. The Labute approximate surface area is 174 Å². The molecule has 1 heterocycles. The van der Waals surface area contributed by atoms with Crippen molar-refractivity contribution < 1.29 is 36.9 Å². The summed E-state index contributed by atoms with van der Waals surface area (Å²) in [7, 11) is 17.4. The van der Waals surface area contributed by atoms with Crippen LogP contribution in [0.5, 0.6) is 23.0 Å². The number of alkyl halides is 3. The van der Waals surface area contributed by atoms with Crippen LogP contribution in [0.15, 0.2) is 30.5 Å². The molecule has 1 saturated carbocycles. The highest BCUT2D eigenvalue weighted by Gasteiger charge is 2.32. The Balaban J connectivity index is 2.00. The van der Waals surface area contributed by atoms with Crippen LogP contribution in [-0.2, 0) is 4.74 Å². The Morgan fingerprint density at radius 2 is 1.77 bits per heavy atom. The van der Waals surface area contributed by atoms with Crippen LogP contribution in [0.2, 0.25) is 0 Å². The first-order valence-corrected chi connectivity index (χ1v) is 8.67. The van der Waals surface area contributed by atoms with Crippen molar-refractivity contribution >= 4 is 29.5 Å². The Morgan fingerprint density at radius 1 is 1.07 bits per heavy atom. The van der Waals surface area contributed by atoms with Gasteiger partial charge in [0.15, 0.2) is 11.5 Å². The number of nitrogens with zero attached hydrogens (tertiary/aromatic N) is 1. The summed E-state index contributed by atoms with van der Waals surface area (Å²) in [5.74, 6) is -1.49. The average molecular weight is 413 g/mol. The van der Waals surface area contributed by atoms with E-state index < -0.39 is 23.4 Å². The summed E-state index contributed by atoms with van der Waals surface area (Å²) in [6.07, 6.45) is -1.75. The van der Waals surface area contributed by atoms with E-state index in [0.29, 0.717) is 5.69 Å².